The Morgan fingerprint density at radius 1 is 1.34 bits per heavy atom. The summed E-state index contributed by atoms with van der Waals surface area (Å²) in [6, 6.07) is 5.26. The second-order valence-corrected chi connectivity index (χ2v) is 11.0. The van der Waals surface area contributed by atoms with E-state index in [1.807, 2.05) is 26.0 Å². The molecule has 0 bridgehead atoms. The molecule has 1 amide bonds. The number of carbonyl (C=O) groups excluding carboxylic acids is 1. The van der Waals surface area contributed by atoms with Crippen molar-refractivity contribution in [1.29, 1.82) is 0 Å². The van der Waals surface area contributed by atoms with E-state index in [9.17, 15) is 13.2 Å². The number of aromatic nitrogens is 2. The van der Waals surface area contributed by atoms with Crippen molar-refractivity contribution in [3.63, 3.8) is 0 Å². The van der Waals surface area contributed by atoms with Crippen LogP contribution in [0.25, 0.3) is 10.7 Å². The summed E-state index contributed by atoms with van der Waals surface area (Å²) >= 11 is 1.32. The van der Waals surface area contributed by atoms with Crippen LogP contribution in [-0.4, -0.2) is 41.9 Å². The van der Waals surface area contributed by atoms with Crippen molar-refractivity contribution in [3.8, 4) is 10.7 Å². The third kappa shape index (κ3) is 4.64. The van der Waals surface area contributed by atoms with Gasteiger partial charge in [0.2, 0.25) is 27.6 Å². The predicted molar refractivity (Wildman–Crippen MR) is 119 cm³/mol. The van der Waals surface area contributed by atoms with Crippen LogP contribution in [0.4, 0.5) is 0 Å². The number of piperidine rings is 1. The zero-order chi connectivity index (χ0) is 22.9. The second kappa shape index (κ2) is 9.16. The lowest BCUT2D eigenvalue weighted by atomic mass is 9.99. The molecule has 1 atom stereocenters. The van der Waals surface area contributed by atoms with Crippen molar-refractivity contribution >= 4 is 27.3 Å². The van der Waals surface area contributed by atoms with Crippen molar-refractivity contribution in [2.75, 3.05) is 13.1 Å². The van der Waals surface area contributed by atoms with Gasteiger partial charge in [-0.05, 0) is 44.9 Å². The van der Waals surface area contributed by atoms with E-state index >= 15 is 0 Å². The smallest absolute Gasteiger partial charge is 0.244 e. The van der Waals surface area contributed by atoms with Gasteiger partial charge in [-0.15, -0.1) is 11.3 Å². The highest BCUT2D eigenvalue weighted by Crippen LogP contribution is 2.35. The minimum absolute atomic E-state index is 0.151. The first-order chi connectivity index (χ1) is 15.3. The van der Waals surface area contributed by atoms with Crippen LogP contribution in [0, 0.1) is 19.8 Å². The molecule has 0 radical (unpaired) electrons. The fourth-order valence-electron chi connectivity index (χ4n) is 3.74. The Morgan fingerprint density at radius 3 is 2.84 bits per heavy atom. The van der Waals surface area contributed by atoms with Gasteiger partial charge in [-0.3, -0.25) is 4.79 Å². The number of aryl methyl sites for hydroxylation is 3. The summed E-state index contributed by atoms with van der Waals surface area (Å²) in [4.78, 5) is 18.5. The van der Waals surface area contributed by atoms with Gasteiger partial charge in [-0.1, -0.05) is 12.1 Å². The zero-order valence-electron chi connectivity index (χ0n) is 18.3. The Balaban J connectivity index is 1.47. The summed E-state index contributed by atoms with van der Waals surface area (Å²) in [6.45, 7) is 6.34. The molecule has 9 nitrogen and oxygen atoms in total. The van der Waals surface area contributed by atoms with Gasteiger partial charge in [0.05, 0.1) is 22.2 Å². The first-order valence-corrected chi connectivity index (χ1v) is 12.8. The number of furan rings is 1. The van der Waals surface area contributed by atoms with Crippen molar-refractivity contribution in [1.82, 2.24) is 19.8 Å². The molecule has 0 spiro atoms. The van der Waals surface area contributed by atoms with Gasteiger partial charge in [-0.25, -0.2) is 8.42 Å². The van der Waals surface area contributed by atoms with Gasteiger partial charge in [0.1, 0.15) is 11.5 Å². The first kappa shape index (κ1) is 22.7. The Labute approximate surface area is 190 Å². The molecule has 3 aromatic rings. The quantitative estimate of drug-likeness (QED) is 0.553. The van der Waals surface area contributed by atoms with Crippen LogP contribution in [0.1, 0.15) is 42.1 Å². The molecule has 1 fully saturated rings. The highest BCUT2D eigenvalue weighted by Gasteiger charge is 2.35. The first-order valence-electron chi connectivity index (χ1n) is 10.5. The molecule has 3 aromatic heterocycles. The van der Waals surface area contributed by atoms with Crippen LogP contribution < -0.4 is 5.32 Å². The van der Waals surface area contributed by atoms with Gasteiger partial charge in [-0.2, -0.15) is 9.29 Å². The number of nitrogens with zero attached hydrogens (tertiary/aromatic N) is 3. The number of sulfonamides is 1. The minimum Gasteiger partial charge on any atom is -0.465 e. The lowest BCUT2D eigenvalue weighted by Gasteiger charge is -2.31. The average Bonchev–Trinajstić information content (AvgIpc) is 3.51. The van der Waals surface area contributed by atoms with Crippen molar-refractivity contribution < 1.29 is 22.2 Å². The molecule has 1 aliphatic heterocycles. The molecule has 4 heterocycles. The normalized spacial score (nSPS) is 17.5. The van der Waals surface area contributed by atoms with Gasteiger partial charge in [0, 0.05) is 24.4 Å². The molecule has 172 valence electrons. The van der Waals surface area contributed by atoms with E-state index in [1.165, 1.54) is 15.6 Å². The molecule has 1 aliphatic rings. The second-order valence-electron chi connectivity index (χ2n) is 7.83. The minimum atomic E-state index is -3.75. The van der Waals surface area contributed by atoms with Gasteiger partial charge in [0.25, 0.3) is 0 Å². The Kier molecular flexibility index (Phi) is 6.50. The zero-order valence-corrected chi connectivity index (χ0v) is 19.9. The van der Waals surface area contributed by atoms with Crippen LogP contribution in [-0.2, 0) is 27.8 Å². The number of carbonyl (C=O) groups is 1. The average molecular weight is 479 g/mol. The van der Waals surface area contributed by atoms with Crippen molar-refractivity contribution in [2.45, 2.75) is 51.5 Å². The summed E-state index contributed by atoms with van der Waals surface area (Å²) in [5.41, 5.74) is 0. The van der Waals surface area contributed by atoms with Crippen LogP contribution in [0.15, 0.2) is 32.0 Å². The molecular weight excluding hydrogens is 452 g/mol. The van der Waals surface area contributed by atoms with Gasteiger partial charge in [0.15, 0.2) is 0 Å². The van der Waals surface area contributed by atoms with E-state index < -0.39 is 15.9 Å². The fraction of sp³-hybridized carbons (Fsp3) is 0.476. The van der Waals surface area contributed by atoms with Crippen LogP contribution in [0.5, 0.6) is 0 Å². The van der Waals surface area contributed by atoms with Crippen molar-refractivity contribution in [3.05, 3.63) is 40.5 Å². The maximum absolute atomic E-state index is 13.4. The Bertz CT molecular complexity index is 1210. The number of rotatable bonds is 7. The third-order valence-corrected chi connectivity index (χ3v) is 8.64. The number of hydrogen-bond donors (Lipinski definition) is 1. The van der Waals surface area contributed by atoms with Gasteiger partial charge < -0.3 is 14.3 Å². The molecular formula is C21H26N4O5S2. The molecule has 11 heteroatoms. The summed E-state index contributed by atoms with van der Waals surface area (Å²) in [5, 5.41) is 6.80. The van der Waals surface area contributed by atoms with Crippen LogP contribution in [0.2, 0.25) is 0 Å². The maximum atomic E-state index is 13.4. The number of nitrogens with one attached hydrogen (secondary N) is 1. The Hall–Kier alpha value is -2.50. The van der Waals surface area contributed by atoms with Gasteiger partial charge >= 0.3 is 0 Å². The number of thiophene rings is 1. The lowest BCUT2D eigenvalue weighted by molar-refractivity contribution is -0.126. The summed E-state index contributed by atoms with van der Waals surface area (Å²) in [5.74, 6) is 1.77. The molecule has 0 aliphatic carbocycles. The number of amides is 1. The molecule has 0 aromatic carbocycles. The van der Waals surface area contributed by atoms with Crippen LogP contribution in [0.3, 0.4) is 0 Å². The van der Waals surface area contributed by atoms with Crippen LogP contribution >= 0.6 is 11.3 Å². The summed E-state index contributed by atoms with van der Waals surface area (Å²) in [7, 11) is -3.75. The third-order valence-electron chi connectivity index (χ3n) is 5.47. The van der Waals surface area contributed by atoms with E-state index in [-0.39, 0.29) is 23.9 Å². The highest BCUT2D eigenvalue weighted by molar-refractivity contribution is 7.89. The summed E-state index contributed by atoms with van der Waals surface area (Å²) < 4.78 is 38.8. The molecule has 4 rings (SSSR count). The lowest BCUT2D eigenvalue weighted by Crippen LogP contribution is -2.45. The molecule has 0 saturated carbocycles. The van der Waals surface area contributed by atoms with E-state index in [4.69, 9.17) is 8.94 Å². The standard InChI is InChI=1S/C21H26N4O5S2/c1-4-19-23-20(24-30-19)17-10-18(14(3)31-17)32(27,28)25-9-5-6-15(12-25)21(26)22-11-16-8-7-13(2)29-16/h7-8,10,15H,4-6,9,11-12H2,1-3H3,(H,22,26). The maximum Gasteiger partial charge on any atom is 0.244 e. The van der Waals surface area contributed by atoms with E-state index in [2.05, 4.69) is 15.5 Å². The highest BCUT2D eigenvalue weighted by atomic mass is 32.2. The molecule has 1 N–H and O–H groups in total. The summed E-state index contributed by atoms with van der Waals surface area (Å²) in [6.07, 6.45) is 1.88. The Morgan fingerprint density at radius 2 is 2.16 bits per heavy atom. The molecule has 32 heavy (non-hydrogen) atoms. The largest absolute Gasteiger partial charge is 0.465 e. The van der Waals surface area contributed by atoms with E-state index in [0.29, 0.717) is 53.0 Å². The predicted octanol–water partition coefficient (Wildman–Crippen LogP) is 3.29. The van der Waals surface area contributed by atoms with E-state index in [1.54, 1.807) is 13.0 Å². The SMILES string of the molecule is CCc1nc(-c2cc(S(=O)(=O)N3CCCC(C(=O)NCc4ccc(C)o4)C3)c(C)s2)no1. The molecule has 1 saturated heterocycles. The monoisotopic (exact) mass is 478 g/mol. The van der Waals surface area contributed by atoms with Crippen molar-refractivity contribution in [2.24, 2.45) is 5.92 Å². The molecule has 1 unspecified atom stereocenters. The number of hydrogen-bond acceptors (Lipinski definition) is 8. The fourth-order valence-corrected chi connectivity index (χ4v) is 6.75. The van der Waals surface area contributed by atoms with E-state index in [0.717, 1.165) is 5.76 Å². The topological polar surface area (TPSA) is 119 Å².